The Labute approximate surface area is 80.0 Å². The molecule has 2 fully saturated rings. The molecule has 0 radical (unpaired) electrons. The third-order valence-corrected chi connectivity index (χ3v) is 4.11. The second-order valence-corrected chi connectivity index (χ2v) is 4.84. The number of hydrogen-bond donors (Lipinski definition) is 2. The number of fused-ring (bicyclic) bond motifs is 1. The van der Waals surface area contributed by atoms with E-state index in [1.54, 1.807) is 0 Å². The summed E-state index contributed by atoms with van der Waals surface area (Å²) in [5.41, 5.74) is 0. The molecule has 76 valence electrons. The summed E-state index contributed by atoms with van der Waals surface area (Å²) in [4.78, 5) is 0. The Morgan fingerprint density at radius 2 is 1.69 bits per heavy atom. The molecule has 2 nitrogen and oxygen atoms in total. The van der Waals surface area contributed by atoms with E-state index in [2.05, 4.69) is 6.92 Å². The van der Waals surface area contributed by atoms with E-state index in [0.29, 0.717) is 17.8 Å². The van der Waals surface area contributed by atoms with Gasteiger partial charge in [0.05, 0.1) is 12.2 Å². The van der Waals surface area contributed by atoms with Crippen LogP contribution in [-0.2, 0) is 0 Å². The van der Waals surface area contributed by atoms with Gasteiger partial charge in [-0.25, -0.2) is 0 Å². The predicted molar refractivity (Wildman–Crippen MR) is 51.2 cm³/mol. The SMILES string of the molecule is C[C@@H]1[C@@H]2[C@H](CCC[C@H]2O)CC[C@H]1O. The monoisotopic (exact) mass is 184 g/mol. The highest BCUT2D eigenvalue weighted by atomic mass is 16.3. The zero-order chi connectivity index (χ0) is 9.42. The average Bonchev–Trinajstić information content (AvgIpc) is 2.12. The van der Waals surface area contributed by atoms with Crippen LogP contribution in [0, 0.1) is 17.8 Å². The summed E-state index contributed by atoms with van der Waals surface area (Å²) in [6.07, 6.45) is 5.11. The molecule has 0 spiro atoms. The first kappa shape index (κ1) is 9.47. The lowest BCUT2D eigenvalue weighted by atomic mass is 9.64. The second-order valence-electron chi connectivity index (χ2n) is 4.84. The highest BCUT2D eigenvalue weighted by Gasteiger charge is 2.41. The van der Waals surface area contributed by atoms with Gasteiger partial charge in [-0.2, -0.15) is 0 Å². The van der Waals surface area contributed by atoms with Gasteiger partial charge < -0.3 is 10.2 Å². The number of hydrogen-bond acceptors (Lipinski definition) is 2. The minimum atomic E-state index is -0.172. The quantitative estimate of drug-likeness (QED) is 0.599. The number of aliphatic hydroxyl groups excluding tert-OH is 2. The zero-order valence-electron chi connectivity index (χ0n) is 8.32. The fourth-order valence-corrected chi connectivity index (χ4v) is 3.31. The molecule has 2 N–H and O–H groups in total. The zero-order valence-corrected chi connectivity index (χ0v) is 8.32. The smallest absolute Gasteiger partial charge is 0.0574 e. The summed E-state index contributed by atoms with van der Waals surface area (Å²) in [5.74, 6) is 1.36. The van der Waals surface area contributed by atoms with E-state index in [1.807, 2.05) is 0 Å². The third-order valence-electron chi connectivity index (χ3n) is 4.11. The van der Waals surface area contributed by atoms with Crippen LogP contribution in [0.2, 0.25) is 0 Å². The van der Waals surface area contributed by atoms with Crippen molar-refractivity contribution >= 4 is 0 Å². The summed E-state index contributed by atoms with van der Waals surface area (Å²) < 4.78 is 0. The van der Waals surface area contributed by atoms with E-state index < -0.39 is 0 Å². The fourth-order valence-electron chi connectivity index (χ4n) is 3.31. The largest absolute Gasteiger partial charge is 0.393 e. The van der Waals surface area contributed by atoms with Crippen molar-refractivity contribution in [2.45, 2.75) is 51.2 Å². The van der Waals surface area contributed by atoms with E-state index >= 15 is 0 Å². The van der Waals surface area contributed by atoms with Crippen molar-refractivity contribution in [3.8, 4) is 0 Å². The highest BCUT2D eigenvalue weighted by molar-refractivity contribution is 4.91. The maximum Gasteiger partial charge on any atom is 0.0574 e. The number of rotatable bonds is 0. The summed E-state index contributed by atoms with van der Waals surface area (Å²) in [5, 5.41) is 19.6. The molecule has 0 aliphatic heterocycles. The van der Waals surface area contributed by atoms with E-state index in [-0.39, 0.29) is 12.2 Å². The van der Waals surface area contributed by atoms with Gasteiger partial charge in [0.15, 0.2) is 0 Å². The van der Waals surface area contributed by atoms with Crippen LogP contribution < -0.4 is 0 Å². The molecule has 2 rings (SSSR count). The van der Waals surface area contributed by atoms with Crippen LogP contribution in [0.15, 0.2) is 0 Å². The molecular formula is C11H20O2. The van der Waals surface area contributed by atoms with Gasteiger partial charge >= 0.3 is 0 Å². The van der Waals surface area contributed by atoms with Gasteiger partial charge in [-0.05, 0) is 43.4 Å². The molecule has 13 heavy (non-hydrogen) atoms. The summed E-state index contributed by atoms with van der Waals surface area (Å²) in [6, 6.07) is 0. The van der Waals surface area contributed by atoms with Gasteiger partial charge in [0.2, 0.25) is 0 Å². The van der Waals surface area contributed by atoms with Gasteiger partial charge in [-0.15, -0.1) is 0 Å². The van der Waals surface area contributed by atoms with E-state index in [1.165, 1.54) is 12.8 Å². The molecule has 0 saturated heterocycles. The first-order valence-corrected chi connectivity index (χ1v) is 5.56. The maximum absolute atomic E-state index is 9.88. The van der Waals surface area contributed by atoms with Crippen molar-refractivity contribution in [3.63, 3.8) is 0 Å². The molecule has 0 unspecified atom stereocenters. The molecule has 0 aromatic heterocycles. The molecule has 2 aliphatic carbocycles. The predicted octanol–water partition coefficient (Wildman–Crippen LogP) is 1.55. The van der Waals surface area contributed by atoms with Crippen LogP contribution in [-0.4, -0.2) is 22.4 Å². The molecule has 2 aliphatic rings. The van der Waals surface area contributed by atoms with E-state index in [9.17, 15) is 10.2 Å². The Morgan fingerprint density at radius 3 is 2.46 bits per heavy atom. The Morgan fingerprint density at radius 1 is 0.923 bits per heavy atom. The molecule has 0 aromatic rings. The van der Waals surface area contributed by atoms with Crippen molar-refractivity contribution in [2.75, 3.05) is 0 Å². The lowest BCUT2D eigenvalue weighted by Gasteiger charge is -2.45. The standard InChI is InChI=1S/C11H20O2/c1-7-9(12)6-5-8-3-2-4-10(13)11(7)8/h7-13H,2-6H2,1H3/t7-,8+,9+,10+,11+/m0/s1. The van der Waals surface area contributed by atoms with Crippen LogP contribution in [0.25, 0.3) is 0 Å². The van der Waals surface area contributed by atoms with Gasteiger partial charge in [-0.1, -0.05) is 13.3 Å². The minimum absolute atomic E-state index is 0.149. The normalized spacial score (nSPS) is 51.5. The molecule has 2 heteroatoms. The molecule has 0 heterocycles. The van der Waals surface area contributed by atoms with Crippen LogP contribution in [0.4, 0.5) is 0 Å². The minimum Gasteiger partial charge on any atom is -0.393 e. The van der Waals surface area contributed by atoms with Crippen molar-refractivity contribution < 1.29 is 10.2 Å². The van der Waals surface area contributed by atoms with Crippen LogP contribution in [0.1, 0.15) is 39.0 Å². The van der Waals surface area contributed by atoms with Gasteiger partial charge in [0.25, 0.3) is 0 Å². The van der Waals surface area contributed by atoms with Crippen LogP contribution in [0.3, 0.4) is 0 Å². The molecule has 2 saturated carbocycles. The maximum atomic E-state index is 9.88. The Kier molecular flexibility index (Phi) is 2.61. The first-order valence-electron chi connectivity index (χ1n) is 5.56. The van der Waals surface area contributed by atoms with Crippen molar-refractivity contribution in [1.82, 2.24) is 0 Å². The van der Waals surface area contributed by atoms with Gasteiger partial charge in [0, 0.05) is 0 Å². The Balaban J connectivity index is 2.10. The molecule has 0 bridgehead atoms. The van der Waals surface area contributed by atoms with Gasteiger partial charge in [-0.3, -0.25) is 0 Å². The summed E-state index contributed by atoms with van der Waals surface area (Å²) >= 11 is 0. The lowest BCUT2D eigenvalue weighted by Crippen LogP contribution is -2.44. The lowest BCUT2D eigenvalue weighted by molar-refractivity contribution is -0.0704. The van der Waals surface area contributed by atoms with Crippen LogP contribution >= 0.6 is 0 Å². The third kappa shape index (κ3) is 1.62. The van der Waals surface area contributed by atoms with Crippen molar-refractivity contribution in [2.24, 2.45) is 17.8 Å². The van der Waals surface area contributed by atoms with Crippen molar-refractivity contribution in [3.05, 3.63) is 0 Å². The Bertz CT molecular complexity index is 179. The average molecular weight is 184 g/mol. The summed E-state index contributed by atoms with van der Waals surface area (Å²) in [7, 11) is 0. The number of aliphatic hydroxyl groups is 2. The topological polar surface area (TPSA) is 40.5 Å². The van der Waals surface area contributed by atoms with Gasteiger partial charge in [0.1, 0.15) is 0 Å². The van der Waals surface area contributed by atoms with E-state index in [4.69, 9.17) is 0 Å². The van der Waals surface area contributed by atoms with E-state index in [0.717, 1.165) is 19.3 Å². The summed E-state index contributed by atoms with van der Waals surface area (Å²) in [6.45, 7) is 2.09. The first-order chi connectivity index (χ1) is 6.20. The molecule has 5 atom stereocenters. The van der Waals surface area contributed by atoms with Crippen LogP contribution in [0.5, 0.6) is 0 Å². The fraction of sp³-hybridized carbons (Fsp3) is 1.00. The highest BCUT2D eigenvalue weighted by Crippen LogP contribution is 2.43. The molecular weight excluding hydrogens is 164 g/mol. The van der Waals surface area contributed by atoms with Crippen molar-refractivity contribution in [1.29, 1.82) is 0 Å². The second kappa shape index (κ2) is 3.58. The Hall–Kier alpha value is -0.0800. The molecule has 0 aromatic carbocycles. The molecule has 0 amide bonds.